The third-order valence-electron chi connectivity index (χ3n) is 2.66. The van der Waals surface area contributed by atoms with Gasteiger partial charge in [0.2, 0.25) is 5.91 Å². The molecule has 1 fully saturated rings. The lowest BCUT2D eigenvalue weighted by Gasteiger charge is -2.22. The maximum Gasteiger partial charge on any atom is 0.253 e. The van der Waals surface area contributed by atoms with Crippen molar-refractivity contribution in [3.05, 3.63) is 28.0 Å². The minimum atomic E-state index is -0.519. The summed E-state index contributed by atoms with van der Waals surface area (Å²) >= 11 is 11.6. The number of rotatable bonds is 2. The zero-order valence-electron chi connectivity index (χ0n) is 9.37. The van der Waals surface area contributed by atoms with Crippen molar-refractivity contribution in [2.75, 3.05) is 6.54 Å². The molecule has 0 aromatic carbocycles. The van der Waals surface area contributed by atoms with Crippen LogP contribution < -0.4 is 10.6 Å². The van der Waals surface area contributed by atoms with E-state index in [1.165, 1.54) is 12.3 Å². The average Bonchev–Trinajstić information content (AvgIpc) is 2.35. The lowest BCUT2D eigenvalue weighted by molar-refractivity contribution is -0.124. The molecule has 0 radical (unpaired) electrons. The number of nitrogens with one attached hydrogen (secondary N) is 2. The minimum Gasteiger partial charge on any atom is -0.354 e. The Morgan fingerprint density at radius 2 is 2.28 bits per heavy atom. The fourth-order valence-corrected chi connectivity index (χ4v) is 2.08. The number of hydrogen-bond donors (Lipinski definition) is 2. The second-order valence-corrected chi connectivity index (χ2v) is 4.74. The van der Waals surface area contributed by atoms with E-state index in [0.29, 0.717) is 13.0 Å². The summed E-state index contributed by atoms with van der Waals surface area (Å²) < 4.78 is 0. The van der Waals surface area contributed by atoms with Gasteiger partial charge in [-0.2, -0.15) is 0 Å². The van der Waals surface area contributed by atoms with Gasteiger partial charge in [0.15, 0.2) is 0 Å². The Bertz CT molecular complexity index is 493. The number of nitrogens with zero attached hydrogens (tertiary/aromatic N) is 1. The standard InChI is InChI=1S/C11H11Cl2N3O2/c12-7-5-15-9(13)4-6(7)10(17)16-8-2-1-3-14-11(8)18/h4-5,8H,1-3H2,(H,14,18)(H,16,17). The van der Waals surface area contributed by atoms with Crippen molar-refractivity contribution < 1.29 is 9.59 Å². The summed E-state index contributed by atoms with van der Waals surface area (Å²) in [5.41, 5.74) is 0.218. The van der Waals surface area contributed by atoms with Crippen LogP contribution in [0.2, 0.25) is 10.2 Å². The number of amides is 2. The molecule has 1 aromatic heterocycles. The molecule has 5 nitrogen and oxygen atoms in total. The van der Waals surface area contributed by atoms with Gasteiger partial charge in [0, 0.05) is 12.7 Å². The predicted octanol–water partition coefficient (Wildman–Crippen LogP) is 1.40. The van der Waals surface area contributed by atoms with E-state index >= 15 is 0 Å². The van der Waals surface area contributed by atoms with Crippen LogP contribution in [0.1, 0.15) is 23.2 Å². The van der Waals surface area contributed by atoms with Crippen LogP contribution in [-0.4, -0.2) is 29.4 Å². The number of carbonyl (C=O) groups is 2. The Balaban J connectivity index is 2.11. The molecule has 1 atom stereocenters. The molecule has 2 amide bonds. The smallest absolute Gasteiger partial charge is 0.253 e. The zero-order valence-corrected chi connectivity index (χ0v) is 10.9. The number of hydrogen-bond acceptors (Lipinski definition) is 3. The van der Waals surface area contributed by atoms with Gasteiger partial charge in [0.05, 0.1) is 10.6 Å². The highest BCUT2D eigenvalue weighted by atomic mass is 35.5. The summed E-state index contributed by atoms with van der Waals surface area (Å²) in [7, 11) is 0. The molecule has 18 heavy (non-hydrogen) atoms. The molecule has 1 saturated heterocycles. The quantitative estimate of drug-likeness (QED) is 0.808. The van der Waals surface area contributed by atoms with Crippen molar-refractivity contribution in [1.82, 2.24) is 15.6 Å². The first-order valence-corrected chi connectivity index (χ1v) is 6.23. The van der Waals surface area contributed by atoms with E-state index in [-0.39, 0.29) is 21.6 Å². The van der Waals surface area contributed by atoms with Gasteiger partial charge in [0.25, 0.3) is 5.91 Å². The van der Waals surface area contributed by atoms with Crippen molar-refractivity contribution in [3.63, 3.8) is 0 Å². The maximum absolute atomic E-state index is 12.0. The molecule has 1 unspecified atom stereocenters. The number of halogens is 2. The van der Waals surface area contributed by atoms with Gasteiger partial charge in [-0.15, -0.1) is 0 Å². The first-order valence-electron chi connectivity index (χ1n) is 5.47. The van der Waals surface area contributed by atoms with Crippen LogP contribution in [-0.2, 0) is 4.79 Å². The van der Waals surface area contributed by atoms with Gasteiger partial charge in [0.1, 0.15) is 11.2 Å². The highest BCUT2D eigenvalue weighted by Gasteiger charge is 2.24. The number of pyridine rings is 1. The van der Waals surface area contributed by atoms with Crippen LogP contribution in [0.5, 0.6) is 0 Å². The summed E-state index contributed by atoms with van der Waals surface area (Å²) in [5.74, 6) is -0.600. The summed E-state index contributed by atoms with van der Waals surface area (Å²) in [4.78, 5) is 27.2. The molecule has 0 saturated carbocycles. The molecular weight excluding hydrogens is 277 g/mol. The SMILES string of the molecule is O=C(NC1CCCNC1=O)c1cc(Cl)ncc1Cl. The molecule has 7 heteroatoms. The van der Waals surface area contributed by atoms with E-state index in [4.69, 9.17) is 23.2 Å². The van der Waals surface area contributed by atoms with Crippen LogP contribution in [0.3, 0.4) is 0 Å². The summed E-state index contributed by atoms with van der Waals surface area (Å²) in [6, 6.07) is 0.856. The molecule has 0 bridgehead atoms. The average molecular weight is 288 g/mol. The molecular formula is C11H11Cl2N3O2. The van der Waals surface area contributed by atoms with E-state index in [2.05, 4.69) is 15.6 Å². The summed E-state index contributed by atoms with van der Waals surface area (Å²) in [6.45, 7) is 0.646. The highest BCUT2D eigenvalue weighted by molar-refractivity contribution is 6.35. The van der Waals surface area contributed by atoms with Crippen molar-refractivity contribution >= 4 is 35.0 Å². The summed E-state index contributed by atoms with van der Waals surface area (Å²) in [5, 5.41) is 5.70. The fourth-order valence-electron chi connectivity index (χ4n) is 1.73. The molecule has 1 aromatic rings. The Labute approximate surface area is 114 Å². The van der Waals surface area contributed by atoms with E-state index in [1.54, 1.807) is 0 Å². The molecule has 1 aliphatic heterocycles. The fraction of sp³-hybridized carbons (Fsp3) is 0.364. The lowest BCUT2D eigenvalue weighted by Crippen LogP contribution is -2.50. The third kappa shape index (κ3) is 2.91. The Morgan fingerprint density at radius 1 is 1.50 bits per heavy atom. The van der Waals surface area contributed by atoms with Gasteiger partial charge in [-0.3, -0.25) is 9.59 Å². The maximum atomic E-state index is 12.0. The molecule has 96 valence electrons. The first-order chi connectivity index (χ1) is 8.58. The van der Waals surface area contributed by atoms with Crippen LogP contribution in [0.15, 0.2) is 12.3 Å². The van der Waals surface area contributed by atoms with Gasteiger partial charge < -0.3 is 10.6 Å². The van der Waals surface area contributed by atoms with Gasteiger partial charge >= 0.3 is 0 Å². The largest absolute Gasteiger partial charge is 0.354 e. The van der Waals surface area contributed by atoms with Crippen molar-refractivity contribution in [1.29, 1.82) is 0 Å². The van der Waals surface area contributed by atoms with Crippen molar-refractivity contribution in [2.45, 2.75) is 18.9 Å². The third-order valence-corrected chi connectivity index (χ3v) is 3.17. The molecule has 2 heterocycles. The minimum absolute atomic E-state index is 0.175. The van der Waals surface area contributed by atoms with Crippen molar-refractivity contribution in [3.8, 4) is 0 Å². The molecule has 2 rings (SSSR count). The normalized spacial score (nSPS) is 19.2. The molecule has 2 N–H and O–H groups in total. The Morgan fingerprint density at radius 3 is 3.00 bits per heavy atom. The van der Waals surface area contributed by atoms with E-state index in [9.17, 15) is 9.59 Å². The second kappa shape index (κ2) is 5.54. The molecule has 0 spiro atoms. The first kappa shape index (κ1) is 13.1. The van der Waals surface area contributed by atoms with E-state index in [0.717, 1.165) is 6.42 Å². The van der Waals surface area contributed by atoms with E-state index < -0.39 is 11.9 Å². The van der Waals surface area contributed by atoms with Gasteiger partial charge in [-0.05, 0) is 18.9 Å². The van der Waals surface area contributed by atoms with Crippen LogP contribution in [0, 0.1) is 0 Å². The Hall–Kier alpha value is -1.33. The number of piperidine rings is 1. The Kier molecular flexibility index (Phi) is 4.04. The monoisotopic (exact) mass is 287 g/mol. The lowest BCUT2D eigenvalue weighted by atomic mass is 10.1. The molecule has 0 aliphatic carbocycles. The predicted molar refractivity (Wildman–Crippen MR) is 67.8 cm³/mol. The van der Waals surface area contributed by atoms with Crippen LogP contribution in [0.4, 0.5) is 0 Å². The number of carbonyl (C=O) groups excluding carboxylic acids is 2. The summed E-state index contributed by atoms with van der Waals surface area (Å²) in [6.07, 6.45) is 2.76. The van der Waals surface area contributed by atoms with Crippen LogP contribution in [0.25, 0.3) is 0 Å². The van der Waals surface area contributed by atoms with Gasteiger partial charge in [-0.25, -0.2) is 4.98 Å². The number of aromatic nitrogens is 1. The van der Waals surface area contributed by atoms with Crippen molar-refractivity contribution in [2.24, 2.45) is 0 Å². The van der Waals surface area contributed by atoms with Crippen LogP contribution >= 0.6 is 23.2 Å². The van der Waals surface area contributed by atoms with Gasteiger partial charge in [-0.1, -0.05) is 23.2 Å². The van der Waals surface area contributed by atoms with E-state index in [1.807, 2.05) is 0 Å². The highest BCUT2D eigenvalue weighted by Crippen LogP contribution is 2.18. The molecule has 1 aliphatic rings. The second-order valence-electron chi connectivity index (χ2n) is 3.95. The zero-order chi connectivity index (χ0) is 13.1. The topological polar surface area (TPSA) is 71.1 Å².